The topological polar surface area (TPSA) is 44.5 Å². The molecule has 1 aromatic rings. The largest absolute Gasteiger partial charge is 0.490 e. The first-order valence-corrected chi connectivity index (χ1v) is 6.28. The minimum absolute atomic E-state index is 0.0190. The summed E-state index contributed by atoms with van der Waals surface area (Å²) in [6.45, 7) is 5.85. The van der Waals surface area contributed by atoms with Gasteiger partial charge in [0.2, 0.25) is 0 Å². The highest BCUT2D eigenvalue weighted by atomic mass is 35.5. The Morgan fingerprint density at radius 2 is 2.06 bits per heavy atom. The predicted octanol–water partition coefficient (Wildman–Crippen LogP) is 3.17. The van der Waals surface area contributed by atoms with Crippen LogP contribution in [0.3, 0.4) is 0 Å². The fraction of sp³-hybridized carbons (Fsp3) is 0.538. The van der Waals surface area contributed by atoms with Crippen molar-refractivity contribution in [2.24, 2.45) is 5.73 Å². The van der Waals surface area contributed by atoms with Crippen molar-refractivity contribution in [3.05, 3.63) is 28.8 Å². The SMILES string of the molecule is CCCOCCOc1ccc([C@H](C)N)cc1Cl. The van der Waals surface area contributed by atoms with Crippen LogP contribution in [0.5, 0.6) is 5.75 Å². The number of rotatable bonds is 7. The Hall–Kier alpha value is -0.770. The molecule has 0 fully saturated rings. The quantitative estimate of drug-likeness (QED) is 0.763. The average molecular weight is 258 g/mol. The molecule has 1 rings (SSSR count). The molecule has 2 N–H and O–H groups in total. The standard InChI is InChI=1S/C13H20ClNO2/c1-3-6-16-7-8-17-13-5-4-11(10(2)15)9-12(13)14/h4-5,9-10H,3,6-8,15H2,1-2H3/t10-/m0/s1. The first-order chi connectivity index (χ1) is 8.15. The molecule has 0 radical (unpaired) electrons. The Bertz CT molecular complexity index is 342. The molecule has 0 saturated heterocycles. The van der Waals surface area contributed by atoms with Crippen LogP contribution < -0.4 is 10.5 Å². The Balaban J connectivity index is 2.43. The van der Waals surface area contributed by atoms with Gasteiger partial charge in [0.1, 0.15) is 12.4 Å². The number of nitrogens with two attached hydrogens (primary N) is 1. The van der Waals surface area contributed by atoms with E-state index in [2.05, 4.69) is 6.92 Å². The highest BCUT2D eigenvalue weighted by Gasteiger charge is 2.05. The number of halogens is 1. The normalized spacial score (nSPS) is 12.5. The van der Waals surface area contributed by atoms with Gasteiger partial charge in [-0.25, -0.2) is 0 Å². The van der Waals surface area contributed by atoms with Gasteiger partial charge in [0.25, 0.3) is 0 Å². The minimum Gasteiger partial charge on any atom is -0.490 e. The van der Waals surface area contributed by atoms with Gasteiger partial charge in [-0.15, -0.1) is 0 Å². The van der Waals surface area contributed by atoms with Crippen molar-refractivity contribution in [1.29, 1.82) is 0 Å². The summed E-state index contributed by atoms with van der Waals surface area (Å²) in [7, 11) is 0. The fourth-order valence-electron chi connectivity index (χ4n) is 1.37. The molecule has 0 saturated carbocycles. The first-order valence-electron chi connectivity index (χ1n) is 5.90. The zero-order valence-electron chi connectivity index (χ0n) is 10.4. The summed E-state index contributed by atoms with van der Waals surface area (Å²) in [6, 6.07) is 5.60. The maximum absolute atomic E-state index is 6.09. The molecule has 4 heteroatoms. The third-order valence-corrected chi connectivity index (χ3v) is 2.61. The van der Waals surface area contributed by atoms with Gasteiger partial charge in [-0.1, -0.05) is 24.6 Å². The lowest BCUT2D eigenvalue weighted by molar-refractivity contribution is 0.101. The molecule has 0 aromatic heterocycles. The molecule has 0 spiro atoms. The van der Waals surface area contributed by atoms with Gasteiger partial charge in [0, 0.05) is 12.6 Å². The van der Waals surface area contributed by atoms with Crippen molar-refractivity contribution >= 4 is 11.6 Å². The van der Waals surface area contributed by atoms with Gasteiger partial charge in [-0.2, -0.15) is 0 Å². The molecule has 0 aliphatic heterocycles. The third-order valence-electron chi connectivity index (χ3n) is 2.32. The van der Waals surface area contributed by atoms with Gasteiger partial charge in [-0.05, 0) is 31.0 Å². The summed E-state index contributed by atoms with van der Waals surface area (Å²) in [4.78, 5) is 0. The van der Waals surface area contributed by atoms with E-state index < -0.39 is 0 Å². The van der Waals surface area contributed by atoms with Crippen LogP contribution in [0.4, 0.5) is 0 Å². The highest BCUT2D eigenvalue weighted by Crippen LogP contribution is 2.27. The average Bonchev–Trinajstić information content (AvgIpc) is 2.30. The van der Waals surface area contributed by atoms with Gasteiger partial charge in [0.15, 0.2) is 0 Å². The van der Waals surface area contributed by atoms with Crippen LogP contribution >= 0.6 is 11.6 Å². The predicted molar refractivity (Wildman–Crippen MR) is 70.7 cm³/mol. The molecule has 1 aromatic carbocycles. The minimum atomic E-state index is -0.0190. The lowest BCUT2D eigenvalue weighted by atomic mass is 10.1. The van der Waals surface area contributed by atoms with Crippen molar-refractivity contribution in [3.8, 4) is 5.75 Å². The molecule has 0 heterocycles. The maximum atomic E-state index is 6.09. The molecule has 0 bridgehead atoms. The van der Waals surface area contributed by atoms with E-state index in [-0.39, 0.29) is 6.04 Å². The summed E-state index contributed by atoms with van der Waals surface area (Å²) in [5.41, 5.74) is 6.77. The molecule has 17 heavy (non-hydrogen) atoms. The zero-order chi connectivity index (χ0) is 12.7. The lowest BCUT2D eigenvalue weighted by Crippen LogP contribution is -2.08. The molecule has 0 aliphatic carbocycles. The van der Waals surface area contributed by atoms with Crippen molar-refractivity contribution in [3.63, 3.8) is 0 Å². The van der Waals surface area contributed by atoms with Crippen molar-refractivity contribution in [1.82, 2.24) is 0 Å². The van der Waals surface area contributed by atoms with Gasteiger partial charge >= 0.3 is 0 Å². The van der Waals surface area contributed by atoms with Gasteiger partial charge < -0.3 is 15.2 Å². The summed E-state index contributed by atoms with van der Waals surface area (Å²) >= 11 is 6.09. The summed E-state index contributed by atoms with van der Waals surface area (Å²) in [6.07, 6.45) is 1.02. The van der Waals surface area contributed by atoms with Crippen LogP contribution in [0.15, 0.2) is 18.2 Å². The number of benzene rings is 1. The fourth-order valence-corrected chi connectivity index (χ4v) is 1.62. The van der Waals surface area contributed by atoms with Crippen LogP contribution in [-0.4, -0.2) is 19.8 Å². The molecule has 96 valence electrons. The van der Waals surface area contributed by atoms with E-state index >= 15 is 0 Å². The molecule has 1 atom stereocenters. The number of hydrogen-bond donors (Lipinski definition) is 1. The summed E-state index contributed by atoms with van der Waals surface area (Å²) in [5, 5.41) is 0.593. The first kappa shape index (κ1) is 14.3. The second kappa shape index (κ2) is 7.54. The van der Waals surface area contributed by atoms with E-state index in [0.29, 0.717) is 24.0 Å². The van der Waals surface area contributed by atoms with Gasteiger partial charge in [0.05, 0.1) is 11.6 Å². The molecular weight excluding hydrogens is 238 g/mol. The van der Waals surface area contributed by atoms with E-state index in [1.54, 1.807) is 0 Å². The maximum Gasteiger partial charge on any atom is 0.138 e. The van der Waals surface area contributed by atoms with Crippen molar-refractivity contribution in [2.75, 3.05) is 19.8 Å². The van der Waals surface area contributed by atoms with Crippen LogP contribution in [0.2, 0.25) is 5.02 Å². The van der Waals surface area contributed by atoms with Crippen LogP contribution in [0.25, 0.3) is 0 Å². The second-order valence-corrected chi connectivity index (χ2v) is 4.35. The molecule has 0 amide bonds. The number of hydrogen-bond acceptors (Lipinski definition) is 3. The molecule has 3 nitrogen and oxygen atoms in total. The van der Waals surface area contributed by atoms with Crippen LogP contribution in [0, 0.1) is 0 Å². The van der Waals surface area contributed by atoms with Crippen molar-refractivity contribution < 1.29 is 9.47 Å². The smallest absolute Gasteiger partial charge is 0.138 e. The van der Waals surface area contributed by atoms with Crippen LogP contribution in [-0.2, 0) is 4.74 Å². The van der Waals surface area contributed by atoms with Gasteiger partial charge in [-0.3, -0.25) is 0 Å². The van der Waals surface area contributed by atoms with E-state index in [1.807, 2.05) is 25.1 Å². The van der Waals surface area contributed by atoms with E-state index in [9.17, 15) is 0 Å². The Labute approximate surface area is 108 Å². The zero-order valence-corrected chi connectivity index (χ0v) is 11.2. The monoisotopic (exact) mass is 257 g/mol. The Morgan fingerprint density at radius 1 is 1.29 bits per heavy atom. The molecule has 0 unspecified atom stereocenters. The van der Waals surface area contributed by atoms with E-state index in [0.717, 1.165) is 18.6 Å². The lowest BCUT2D eigenvalue weighted by Gasteiger charge is -2.11. The summed E-state index contributed by atoms with van der Waals surface area (Å²) in [5.74, 6) is 0.677. The Morgan fingerprint density at radius 3 is 2.65 bits per heavy atom. The Kier molecular flexibility index (Phi) is 6.34. The van der Waals surface area contributed by atoms with Crippen LogP contribution in [0.1, 0.15) is 31.9 Å². The third kappa shape index (κ3) is 4.94. The van der Waals surface area contributed by atoms with Crippen molar-refractivity contribution in [2.45, 2.75) is 26.3 Å². The van der Waals surface area contributed by atoms with E-state index in [1.165, 1.54) is 0 Å². The molecule has 0 aliphatic rings. The second-order valence-electron chi connectivity index (χ2n) is 3.94. The highest BCUT2D eigenvalue weighted by molar-refractivity contribution is 6.32. The van der Waals surface area contributed by atoms with E-state index in [4.69, 9.17) is 26.8 Å². The number of ether oxygens (including phenoxy) is 2. The molecular formula is C13H20ClNO2. The summed E-state index contributed by atoms with van der Waals surface area (Å²) < 4.78 is 10.8.